The monoisotopic (exact) mass is 321 g/mol. The van der Waals surface area contributed by atoms with Gasteiger partial charge in [0.25, 0.3) is 0 Å². The van der Waals surface area contributed by atoms with Gasteiger partial charge in [0, 0.05) is 17.5 Å². The second-order valence-electron chi connectivity index (χ2n) is 5.67. The molecule has 120 valence electrons. The van der Waals surface area contributed by atoms with Crippen LogP contribution in [0, 0.1) is 12.7 Å². The molecule has 1 N–H and O–H groups in total. The van der Waals surface area contributed by atoms with E-state index in [0.717, 1.165) is 40.0 Å². The van der Waals surface area contributed by atoms with Gasteiger partial charge in [-0.3, -0.25) is 0 Å². The third kappa shape index (κ3) is 2.27. The highest BCUT2D eigenvalue weighted by Crippen LogP contribution is 2.25. The van der Waals surface area contributed by atoms with Crippen molar-refractivity contribution in [3.8, 4) is 0 Å². The minimum atomic E-state index is -0.256. The van der Waals surface area contributed by atoms with Crippen LogP contribution in [0.2, 0.25) is 0 Å². The molecule has 0 spiro atoms. The van der Waals surface area contributed by atoms with E-state index in [2.05, 4.69) is 15.5 Å². The van der Waals surface area contributed by atoms with Gasteiger partial charge < -0.3 is 5.32 Å². The molecule has 0 amide bonds. The van der Waals surface area contributed by atoms with E-state index in [0.29, 0.717) is 5.95 Å². The van der Waals surface area contributed by atoms with Crippen molar-refractivity contribution in [1.29, 1.82) is 0 Å². The van der Waals surface area contributed by atoms with E-state index in [1.807, 2.05) is 42.5 Å². The fourth-order valence-electron chi connectivity index (χ4n) is 2.84. The van der Waals surface area contributed by atoms with Crippen molar-refractivity contribution in [2.45, 2.75) is 20.3 Å². The molecular formula is C18H16FN5. The van der Waals surface area contributed by atoms with Crippen molar-refractivity contribution in [2.75, 3.05) is 5.32 Å². The van der Waals surface area contributed by atoms with Gasteiger partial charge in [-0.05, 0) is 42.8 Å². The molecule has 5 nitrogen and oxygen atoms in total. The average Bonchev–Trinajstić information content (AvgIpc) is 3.02. The van der Waals surface area contributed by atoms with Gasteiger partial charge in [0.2, 0.25) is 5.95 Å². The zero-order chi connectivity index (χ0) is 16.7. The Balaban J connectivity index is 1.96. The Morgan fingerprint density at radius 1 is 1.12 bits per heavy atom. The fraction of sp³-hybridized carbons (Fsp3) is 0.167. The second-order valence-corrected chi connectivity index (χ2v) is 5.67. The van der Waals surface area contributed by atoms with Crippen LogP contribution >= 0.6 is 0 Å². The molecule has 24 heavy (non-hydrogen) atoms. The second kappa shape index (κ2) is 5.56. The van der Waals surface area contributed by atoms with E-state index in [-0.39, 0.29) is 5.82 Å². The van der Waals surface area contributed by atoms with E-state index in [4.69, 9.17) is 4.98 Å². The summed E-state index contributed by atoms with van der Waals surface area (Å²) in [5, 5.41) is 12.9. The highest BCUT2D eigenvalue weighted by molar-refractivity contribution is 5.92. The Bertz CT molecular complexity index is 1050. The molecule has 0 atom stereocenters. The van der Waals surface area contributed by atoms with Gasteiger partial charge in [-0.15, -0.1) is 10.2 Å². The number of fused-ring (bicyclic) bond motifs is 3. The number of nitrogens with one attached hydrogen (secondary N) is 1. The Morgan fingerprint density at radius 2 is 1.96 bits per heavy atom. The van der Waals surface area contributed by atoms with Crippen LogP contribution in [-0.4, -0.2) is 19.6 Å². The van der Waals surface area contributed by atoms with E-state index in [9.17, 15) is 4.39 Å². The predicted molar refractivity (Wildman–Crippen MR) is 92.1 cm³/mol. The lowest BCUT2D eigenvalue weighted by Gasteiger charge is -2.12. The number of nitrogens with zero attached hydrogens (tertiary/aromatic N) is 4. The van der Waals surface area contributed by atoms with E-state index in [1.54, 1.807) is 6.07 Å². The summed E-state index contributed by atoms with van der Waals surface area (Å²) in [7, 11) is 0. The summed E-state index contributed by atoms with van der Waals surface area (Å²) in [5.41, 5.74) is 3.21. The molecule has 2 aromatic heterocycles. The lowest BCUT2D eigenvalue weighted by atomic mass is 10.2. The molecule has 4 aromatic rings. The van der Waals surface area contributed by atoms with Crippen LogP contribution in [0.4, 0.5) is 16.0 Å². The smallest absolute Gasteiger partial charge is 0.215 e. The molecule has 2 aromatic carbocycles. The Morgan fingerprint density at radius 3 is 2.75 bits per heavy atom. The SMILES string of the molecule is CCc1nnc2c3ccccc3nc(Nc3ccc(F)cc3C)n12. The maximum Gasteiger partial charge on any atom is 0.215 e. The number of aromatic nitrogens is 4. The van der Waals surface area contributed by atoms with Crippen LogP contribution in [0.3, 0.4) is 0 Å². The summed E-state index contributed by atoms with van der Waals surface area (Å²) in [4.78, 5) is 4.72. The maximum atomic E-state index is 13.3. The van der Waals surface area contributed by atoms with Crippen molar-refractivity contribution < 1.29 is 4.39 Å². The first kappa shape index (κ1) is 14.6. The van der Waals surface area contributed by atoms with Crippen molar-refractivity contribution in [1.82, 2.24) is 19.6 Å². The van der Waals surface area contributed by atoms with Gasteiger partial charge in [-0.25, -0.2) is 13.8 Å². The highest BCUT2D eigenvalue weighted by atomic mass is 19.1. The lowest BCUT2D eigenvalue weighted by molar-refractivity contribution is 0.627. The first-order chi connectivity index (χ1) is 11.7. The molecular weight excluding hydrogens is 305 g/mol. The number of aryl methyl sites for hydroxylation is 2. The summed E-state index contributed by atoms with van der Waals surface area (Å²) < 4.78 is 15.3. The molecule has 0 unspecified atom stereocenters. The summed E-state index contributed by atoms with van der Waals surface area (Å²) >= 11 is 0. The first-order valence-electron chi connectivity index (χ1n) is 7.83. The van der Waals surface area contributed by atoms with Crippen molar-refractivity contribution in [3.05, 3.63) is 59.7 Å². The highest BCUT2D eigenvalue weighted by Gasteiger charge is 2.14. The van der Waals surface area contributed by atoms with Crippen LogP contribution in [0.25, 0.3) is 16.6 Å². The molecule has 0 aliphatic rings. The van der Waals surface area contributed by atoms with Crippen LogP contribution in [-0.2, 0) is 6.42 Å². The van der Waals surface area contributed by atoms with Gasteiger partial charge in [0.1, 0.15) is 11.6 Å². The summed E-state index contributed by atoms with van der Waals surface area (Å²) in [6.45, 7) is 3.88. The molecule has 0 radical (unpaired) electrons. The van der Waals surface area contributed by atoms with Gasteiger partial charge in [0.05, 0.1) is 5.52 Å². The number of rotatable bonds is 3. The minimum absolute atomic E-state index is 0.256. The van der Waals surface area contributed by atoms with Crippen molar-refractivity contribution in [2.24, 2.45) is 0 Å². The van der Waals surface area contributed by atoms with E-state index in [1.165, 1.54) is 12.1 Å². The number of benzene rings is 2. The van der Waals surface area contributed by atoms with E-state index < -0.39 is 0 Å². The number of anilines is 2. The topological polar surface area (TPSA) is 55.1 Å². The van der Waals surface area contributed by atoms with Gasteiger partial charge in [0.15, 0.2) is 5.65 Å². The quantitative estimate of drug-likeness (QED) is 0.619. The number of para-hydroxylation sites is 1. The largest absolute Gasteiger partial charge is 0.325 e. The van der Waals surface area contributed by atoms with Gasteiger partial charge >= 0.3 is 0 Å². The summed E-state index contributed by atoms with van der Waals surface area (Å²) in [6.07, 6.45) is 0.734. The van der Waals surface area contributed by atoms with Crippen molar-refractivity contribution in [3.63, 3.8) is 0 Å². The molecule has 6 heteroatoms. The zero-order valence-corrected chi connectivity index (χ0v) is 13.4. The molecule has 4 rings (SSSR count). The number of hydrogen-bond donors (Lipinski definition) is 1. The molecule has 0 saturated carbocycles. The Kier molecular flexibility index (Phi) is 3.37. The first-order valence-corrected chi connectivity index (χ1v) is 7.83. The minimum Gasteiger partial charge on any atom is -0.325 e. The molecule has 0 fully saturated rings. The predicted octanol–water partition coefficient (Wildman–Crippen LogP) is 4.03. The normalized spacial score (nSPS) is 11.3. The zero-order valence-electron chi connectivity index (χ0n) is 13.4. The van der Waals surface area contributed by atoms with Crippen LogP contribution < -0.4 is 5.32 Å². The number of halogens is 1. The number of hydrogen-bond acceptors (Lipinski definition) is 4. The fourth-order valence-corrected chi connectivity index (χ4v) is 2.84. The van der Waals surface area contributed by atoms with E-state index >= 15 is 0 Å². The third-order valence-electron chi connectivity index (χ3n) is 4.06. The maximum absolute atomic E-state index is 13.3. The summed E-state index contributed by atoms with van der Waals surface area (Å²) in [6, 6.07) is 12.5. The molecule has 0 aliphatic heterocycles. The van der Waals surface area contributed by atoms with Gasteiger partial charge in [-0.1, -0.05) is 19.1 Å². The van der Waals surface area contributed by atoms with Gasteiger partial charge in [-0.2, -0.15) is 0 Å². The standard InChI is InChI=1S/C18H16FN5/c1-3-16-22-23-17-13-6-4-5-7-15(13)21-18(24(16)17)20-14-9-8-12(19)10-11(14)2/h4-10H,3H2,1-2H3,(H,20,21). The molecule has 0 bridgehead atoms. The molecule has 0 aliphatic carbocycles. The summed E-state index contributed by atoms with van der Waals surface area (Å²) in [5.74, 6) is 1.19. The van der Waals surface area contributed by atoms with Crippen LogP contribution in [0.5, 0.6) is 0 Å². The van der Waals surface area contributed by atoms with Crippen LogP contribution in [0.15, 0.2) is 42.5 Å². The third-order valence-corrected chi connectivity index (χ3v) is 4.06. The Labute approximate surface area is 138 Å². The molecule has 2 heterocycles. The Hall–Kier alpha value is -3.02. The van der Waals surface area contributed by atoms with Crippen molar-refractivity contribution >= 4 is 28.2 Å². The lowest BCUT2D eigenvalue weighted by Crippen LogP contribution is -2.06. The molecule has 0 saturated heterocycles. The average molecular weight is 321 g/mol. The van der Waals surface area contributed by atoms with Crippen LogP contribution in [0.1, 0.15) is 18.3 Å².